The Balaban J connectivity index is 1.77. The lowest BCUT2D eigenvalue weighted by molar-refractivity contribution is 0.0975. The number of imidazole rings is 1. The minimum absolute atomic E-state index is 0.204. The fourth-order valence-electron chi connectivity index (χ4n) is 2.62. The molecule has 2 aromatic heterocycles. The number of hydrogen-bond acceptors (Lipinski definition) is 3. The standard InChI is InChI=1S/C15H18N2OS/c1-2-11-7-8-15(19-11)14(18)9-17-10-16-12-5-3-4-6-13(12)17/h7-8,10H,2-6,9H2,1H3. The van der Waals surface area contributed by atoms with Gasteiger partial charge >= 0.3 is 0 Å². The van der Waals surface area contributed by atoms with Crippen molar-refractivity contribution in [2.24, 2.45) is 0 Å². The van der Waals surface area contributed by atoms with Gasteiger partial charge in [-0.2, -0.15) is 0 Å². The summed E-state index contributed by atoms with van der Waals surface area (Å²) in [6, 6.07) is 4.01. The van der Waals surface area contributed by atoms with E-state index in [1.165, 1.54) is 29.1 Å². The molecule has 0 amide bonds. The van der Waals surface area contributed by atoms with Crippen LogP contribution in [-0.4, -0.2) is 15.3 Å². The van der Waals surface area contributed by atoms with Crippen LogP contribution in [0, 0.1) is 0 Å². The molecule has 19 heavy (non-hydrogen) atoms. The summed E-state index contributed by atoms with van der Waals surface area (Å²) >= 11 is 1.62. The maximum absolute atomic E-state index is 12.3. The van der Waals surface area contributed by atoms with E-state index in [0.717, 1.165) is 24.1 Å². The Morgan fingerprint density at radius 1 is 1.37 bits per heavy atom. The number of Topliss-reactive ketones (excluding diaryl/α,β-unsaturated/α-hetero) is 1. The minimum Gasteiger partial charge on any atom is -0.326 e. The molecule has 3 rings (SSSR count). The molecule has 0 unspecified atom stereocenters. The van der Waals surface area contributed by atoms with E-state index in [9.17, 15) is 4.79 Å². The van der Waals surface area contributed by atoms with Gasteiger partial charge in [0.05, 0.1) is 23.4 Å². The number of thiophene rings is 1. The number of aryl methyl sites for hydroxylation is 2. The van der Waals surface area contributed by atoms with E-state index in [0.29, 0.717) is 6.54 Å². The molecule has 0 saturated carbocycles. The molecule has 0 aliphatic heterocycles. The summed E-state index contributed by atoms with van der Waals surface area (Å²) < 4.78 is 2.04. The zero-order valence-electron chi connectivity index (χ0n) is 11.2. The average molecular weight is 274 g/mol. The summed E-state index contributed by atoms with van der Waals surface area (Å²) in [5, 5.41) is 0. The van der Waals surface area contributed by atoms with Gasteiger partial charge in [-0.25, -0.2) is 4.98 Å². The second-order valence-electron chi connectivity index (χ2n) is 5.02. The largest absolute Gasteiger partial charge is 0.326 e. The first-order chi connectivity index (χ1) is 9.28. The van der Waals surface area contributed by atoms with E-state index in [4.69, 9.17) is 0 Å². The number of carbonyl (C=O) groups is 1. The van der Waals surface area contributed by atoms with Crippen LogP contribution in [0.4, 0.5) is 0 Å². The quantitative estimate of drug-likeness (QED) is 0.802. The molecule has 0 radical (unpaired) electrons. The SMILES string of the molecule is CCc1ccc(C(=O)Cn2cnc3c2CCCC3)s1. The summed E-state index contributed by atoms with van der Waals surface area (Å²) in [5.41, 5.74) is 2.46. The zero-order chi connectivity index (χ0) is 13.2. The fraction of sp³-hybridized carbons (Fsp3) is 0.467. The van der Waals surface area contributed by atoms with Gasteiger partial charge in [0.1, 0.15) is 0 Å². The third kappa shape index (κ3) is 2.50. The zero-order valence-corrected chi connectivity index (χ0v) is 12.0. The molecule has 100 valence electrons. The third-order valence-electron chi connectivity index (χ3n) is 3.71. The summed E-state index contributed by atoms with van der Waals surface area (Å²) in [5.74, 6) is 0.204. The predicted molar refractivity (Wildman–Crippen MR) is 76.9 cm³/mol. The highest BCUT2D eigenvalue weighted by Crippen LogP contribution is 2.22. The van der Waals surface area contributed by atoms with E-state index in [1.54, 1.807) is 11.3 Å². The first-order valence-corrected chi connectivity index (χ1v) is 7.74. The Morgan fingerprint density at radius 2 is 2.21 bits per heavy atom. The monoisotopic (exact) mass is 274 g/mol. The lowest BCUT2D eigenvalue weighted by Gasteiger charge is -2.13. The van der Waals surface area contributed by atoms with Crippen molar-refractivity contribution in [3.63, 3.8) is 0 Å². The van der Waals surface area contributed by atoms with E-state index < -0.39 is 0 Å². The van der Waals surface area contributed by atoms with Gasteiger partial charge < -0.3 is 4.57 Å². The fourth-order valence-corrected chi connectivity index (χ4v) is 3.50. The van der Waals surface area contributed by atoms with Crippen LogP contribution in [0.15, 0.2) is 18.5 Å². The van der Waals surface area contributed by atoms with Crippen molar-refractivity contribution in [3.8, 4) is 0 Å². The molecule has 0 N–H and O–H groups in total. The molecule has 0 atom stereocenters. The van der Waals surface area contributed by atoms with Crippen molar-refractivity contribution >= 4 is 17.1 Å². The average Bonchev–Trinajstić information content (AvgIpc) is 3.06. The number of fused-ring (bicyclic) bond motifs is 1. The molecular weight excluding hydrogens is 256 g/mol. The van der Waals surface area contributed by atoms with Crippen LogP contribution in [0.3, 0.4) is 0 Å². The Kier molecular flexibility index (Phi) is 3.51. The molecule has 4 heteroatoms. The molecule has 0 aromatic carbocycles. The third-order valence-corrected chi connectivity index (χ3v) is 4.98. The Morgan fingerprint density at radius 3 is 3.00 bits per heavy atom. The van der Waals surface area contributed by atoms with Crippen LogP contribution in [0.5, 0.6) is 0 Å². The normalized spacial score (nSPS) is 14.4. The number of hydrogen-bond donors (Lipinski definition) is 0. The second kappa shape index (κ2) is 5.29. The van der Waals surface area contributed by atoms with Gasteiger partial charge in [0.25, 0.3) is 0 Å². The molecular formula is C15H18N2OS. The summed E-state index contributed by atoms with van der Waals surface area (Å²) in [4.78, 5) is 18.9. The van der Waals surface area contributed by atoms with Crippen molar-refractivity contribution in [1.82, 2.24) is 9.55 Å². The Hall–Kier alpha value is -1.42. The van der Waals surface area contributed by atoms with Crippen LogP contribution < -0.4 is 0 Å². The molecule has 0 bridgehead atoms. The summed E-state index contributed by atoms with van der Waals surface area (Å²) in [7, 11) is 0. The lowest BCUT2D eigenvalue weighted by Crippen LogP contribution is -2.13. The van der Waals surface area contributed by atoms with Crippen molar-refractivity contribution in [3.05, 3.63) is 39.6 Å². The van der Waals surface area contributed by atoms with E-state index >= 15 is 0 Å². The maximum Gasteiger partial charge on any atom is 0.192 e. The van der Waals surface area contributed by atoms with Crippen molar-refractivity contribution in [2.75, 3.05) is 0 Å². The number of aromatic nitrogens is 2. The number of nitrogens with zero attached hydrogens (tertiary/aromatic N) is 2. The first kappa shape index (κ1) is 12.6. The molecule has 0 spiro atoms. The molecule has 0 fully saturated rings. The first-order valence-electron chi connectivity index (χ1n) is 6.92. The highest BCUT2D eigenvalue weighted by molar-refractivity contribution is 7.14. The summed E-state index contributed by atoms with van der Waals surface area (Å²) in [6.07, 6.45) is 7.40. The number of rotatable bonds is 4. The van der Waals surface area contributed by atoms with Crippen molar-refractivity contribution in [2.45, 2.75) is 45.6 Å². The summed E-state index contributed by atoms with van der Waals surface area (Å²) in [6.45, 7) is 2.55. The van der Waals surface area contributed by atoms with Gasteiger partial charge in [0.15, 0.2) is 5.78 Å². The highest BCUT2D eigenvalue weighted by Gasteiger charge is 2.17. The molecule has 0 saturated heterocycles. The lowest BCUT2D eigenvalue weighted by atomic mass is 10.0. The molecule has 1 aliphatic carbocycles. The van der Waals surface area contributed by atoms with Gasteiger partial charge in [0, 0.05) is 10.6 Å². The molecule has 2 aromatic rings. The maximum atomic E-state index is 12.3. The smallest absolute Gasteiger partial charge is 0.192 e. The van der Waals surface area contributed by atoms with E-state index in [-0.39, 0.29) is 5.78 Å². The van der Waals surface area contributed by atoms with Crippen molar-refractivity contribution in [1.29, 1.82) is 0 Å². The number of ketones is 1. The predicted octanol–water partition coefficient (Wildman–Crippen LogP) is 3.27. The van der Waals surface area contributed by atoms with Crippen LogP contribution >= 0.6 is 11.3 Å². The van der Waals surface area contributed by atoms with E-state index in [2.05, 4.69) is 18.0 Å². The topological polar surface area (TPSA) is 34.9 Å². The number of carbonyl (C=O) groups excluding carboxylic acids is 1. The van der Waals surface area contributed by atoms with Crippen LogP contribution in [-0.2, 0) is 25.8 Å². The van der Waals surface area contributed by atoms with Crippen LogP contribution in [0.1, 0.15) is 45.7 Å². The molecule has 1 aliphatic rings. The van der Waals surface area contributed by atoms with Crippen molar-refractivity contribution < 1.29 is 4.79 Å². The van der Waals surface area contributed by atoms with Gasteiger partial charge in [-0.05, 0) is 44.2 Å². The Bertz CT molecular complexity index is 597. The second-order valence-corrected chi connectivity index (χ2v) is 6.18. The minimum atomic E-state index is 0.204. The van der Waals surface area contributed by atoms with Gasteiger partial charge in [-0.15, -0.1) is 11.3 Å². The molecule has 2 heterocycles. The van der Waals surface area contributed by atoms with Crippen LogP contribution in [0.2, 0.25) is 0 Å². The van der Waals surface area contributed by atoms with E-state index in [1.807, 2.05) is 17.0 Å². The van der Waals surface area contributed by atoms with Gasteiger partial charge in [0.2, 0.25) is 0 Å². The van der Waals surface area contributed by atoms with Gasteiger partial charge in [-0.1, -0.05) is 6.92 Å². The van der Waals surface area contributed by atoms with Crippen LogP contribution in [0.25, 0.3) is 0 Å². The molecule has 3 nitrogen and oxygen atoms in total. The Labute approximate surface area is 117 Å². The van der Waals surface area contributed by atoms with Gasteiger partial charge in [-0.3, -0.25) is 4.79 Å². The highest BCUT2D eigenvalue weighted by atomic mass is 32.1.